The first-order valence-corrected chi connectivity index (χ1v) is 9.71. The van der Waals surface area contributed by atoms with Gasteiger partial charge in [-0.15, -0.1) is 11.3 Å². The molecular formula is C20H17ClN2O3S. The standard InChI is InChI=1S/C20H17ClN2O3S/c1-23(10-15-11-25-17-4-2-3-5-18(17)26-15)20(24)16-12-27-19(22-16)13-6-8-14(21)9-7-13/h2-9,12,15H,10-11H2,1H3/t15-/m0/s1. The molecular weight excluding hydrogens is 384 g/mol. The molecule has 0 fully saturated rings. The summed E-state index contributed by atoms with van der Waals surface area (Å²) in [6.45, 7) is 0.822. The van der Waals surface area contributed by atoms with E-state index in [-0.39, 0.29) is 12.0 Å². The number of halogens is 1. The fourth-order valence-electron chi connectivity index (χ4n) is 2.83. The zero-order chi connectivity index (χ0) is 18.8. The summed E-state index contributed by atoms with van der Waals surface area (Å²) in [7, 11) is 1.74. The number of hydrogen-bond acceptors (Lipinski definition) is 5. The van der Waals surface area contributed by atoms with Crippen molar-refractivity contribution in [1.29, 1.82) is 0 Å². The number of para-hydroxylation sites is 2. The van der Waals surface area contributed by atoms with Crippen molar-refractivity contribution in [2.45, 2.75) is 6.10 Å². The fourth-order valence-corrected chi connectivity index (χ4v) is 3.76. The third kappa shape index (κ3) is 3.91. The molecule has 1 aromatic heterocycles. The summed E-state index contributed by atoms with van der Waals surface area (Å²) < 4.78 is 11.6. The van der Waals surface area contributed by atoms with Gasteiger partial charge in [0.15, 0.2) is 17.6 Å². The number of amides is 1. The van der Waals surface area contributed by atoms with E-state index in [0.717, 1.165) is 16.3 Å². The molecule has 0 saturated carbocycles. The highest BCUT2D eigenvalue weighted by Crippen LogP contribution is 2.31. The summed E-state index contributed by atoms with van der Waals surface area (Å²) in [5.74, 6) is 1.29. The van der Waals surface area contributed by atoms with Gasteiger partial charge in [-0.25, -0.2) is 4.98 Å². The van der Waals surface area contributed by atoms with Crippen molar-refractivity contribution in [1.82, 2.24) is 9.88 Å². The monoisotopic (exact) mass is 400 g/mol. The number of carbonyl (C=O) groups excluding carboxylic acids is 1. The number of likely N-dealkylation sites (N-methyl/N-ethyl adjacent to an activating group) is 1. The van der Waals surface area contributed by atoms with Crippen LogP contribution < -0.4 is 9.47 Å². The summed E-state index contributed by atoms with van der Waals surface area (Å²) >= 11 is 7.35. The van der Waals surface area contributed by atoms with Crippen molar-refractivity contribution in [3.05, 3.63) is 64.6 Å². The summed E-state index contributed by atoms with van der Waals surface area (Å²) in [6.07, 6.45) is -0.219. The van der Waals surface area contributed by atoms with Crippen LogP contribution in [0.4, 0.5) is 0 Å². The number of aromatic nitrogens is 1. The number of carbonyl (C=O) groups is 1. The molecule has 0 saturated heterocycles. The van der Waals surface area contributed by atoms with Gasteiger partial charge in [-0.3, -0.25) is 4.79 Å². The Morgan fingerprint density at radius 2 is 1.96 bits per heavy atom. The van der Waals surface area contributed by atoms with Crippen LogP contribution in [0.15, 0.2) is 53.9 Å². The summed E-state index contributed by atoms with van der Waals surface area (Å²) in [5, 5.41) is 3.23. The van der Waals surface area contributed by atoms with Crippen molar-refractivity contribution in [2.24, 2.45) is 0 Å². The molecule has 3 aromatic rings. The maximum atomic E-state index is 12.7. The van der Waals surface area contributed by atoms with Crippen LogP contribution in [0.5, 0.6) is 11.5 Å². The van der Waals surface area contributed by atoms with Gasteiger partial charge in [-0.05, 0) is 24.3 Å². The lowest BCUT2D eigenvalue weighted by atomic mass is 10.2. The second kappa shape index (κ2) is 7.58. The molecule has 0 N–H and O–H groups in total. The zero-order valence-electron chi connectivity index (χ0n) is 14.6. The number of thiazole rings is 1. The van der Waals surface area contributed by atoms with Crippen molar-refractivity contribution in [2.75, 3.05) is 20.2 Å². The molecule has 138 valence electrons. The van der Waals surface area contributed by atoms with Gasteiger partial charge in [0, 0.05) is 23.0 Å². The highest BCUT2D eigenvalue weighted by molar-refractivity contribution is 7.13. The number of hydrogen-bond donors (Lipinski definition) is 0. The first kappa shape index (κ1) is 17.8. The van der Waals surface area contributed by atoms with Crippen LogP contribution >= 0.6 is 22.9 Å². The lowest BCUT2D eigenvalue weighted by molar-refractivity contribution is 0.0518. The third-order valence-corrected chi connectivity index (χ3v) is 5.35. The maximum absolute atomic E-state index is 12.7. The molecule has 0 radical (unpaired) electrons. The molecule has 4 rings (SSSR count). The fraction of sp³-hybridized carbons (Fsp3) is 0.200. The van der Waals surface area contributed by atoms with E-state index >= 15 is 0 Å². The molecule has 7 heteroatoms. The van der Waals surface area contributed by atoms with Crippen LogP contribution in [0.3, 0.4) is 0 Å². The Bertz CT molecular complexity index is 958. The van der Waals surface area contributed by atoms with E-state index < -0.39 is 0 Å². The second-order valence-corrected chi connectivity index (χ2v) is 7.52. The van der Waals surface area contributed by atoms with E-state index in [1.165, 1.54) is 11.3 Å². The van der Waals surface area contributed by atoms with Crippen molar-refractivity contribution in [3.63, 3.8) is 0 Å². The topological polar surface area (TPSA) is 51.7 Å². The highest BCUT2D eigenvalue weighted by atomic mass is 35.5. The minimum atomic E-state index is -0.219. The molecule has 0 bridgehead atoms. The molecule has 1 atom stereocenters. The van der Waals surface area contributed by atoms with Crippen LogP contribution in [0.25, 0.3) is 10.6 Å². The normalized spacial score (nSPS) is 15.4. The molecule has 1 aliphatic rings. The quantitative estimate of drug-likeness (QED) is 0.652. The minimum Gasteiger partial charge on any atom is -0.486 e. The Balaban J connectivity index is 1.42. The molecule has 2 aromatic carbocycles. The molecule has 5 nitrogen and oxygen atoms in total. The molecule has 27 heavy (non-hydrogen) atoms. The number of rotatable bonds is 4. The minimum absolute atomic E-state index is 0.145. The van der Waals surface area contributed by atoms with Gasteiger partial charge in [-0.2, -0.15) is 0 Å². The molecule has 0 aliphatic carbocycles. The van der Waals surface area contributed by atoms with Gasteiger partial charge in [0.2, 0.25) is 0 Å². The van der Waals surface area contributed by atoms with Gasteiger partial charge < -0.3 is 14.4 Å². The Hall–Kier alpha value is -2.57. The van der Waals surface area contributed by atoms with Crippen LogP contribution in [0.1, 0.15) is 10.5 Å². The average molecular weight is 401 g/mol. The van der Waals surface area contributed by atoms with Crippen LogP contribution in [0.2, 0.25) is 5.02 Å². The maximum Gasteiger partial charge on any atom is 0.273 e. The lowest BCUT2D eigenvalue weighted by Gasteiger charge is -2.29. The summed E-state index contributed by atoms with van der Waals surface area (Å²) in [5.41, 5.74) is 1.36. The van der Waals surface area contributed by atoms with E-state index in [4.69, 9.17) is 21.1 Å². The summed E-state index contributed by atoms with van der Waals surface area (Å²) in [6, 6.07) is 14.9. The Kier molecular flexibility index (Phi) is 5.01. The Labute approximate surface area is 166 Å². The van der Waals surface area contributed by atoms with Crippen molar-refractivity contribution < 1.29 is 14.3 Å². The molecule has 0 spiro atoms. The molecule has 2 heterocycles. The number of nitrogens with zero attached hydrogens (tertiary/aromatic N) is 2. The number of benzene rings is 2. The largest absolute Gasteiger partial charge is 0.486 e. The number of ether oxygens (including phenoxy) is 2. The molecule has 0 unspecified atom stereocenters. The second-order valence-electron chi connectivity index (χ2n) is 6.23. The first-order chi connectivity index (χ1) is 13.1. The van der Waals surface area contributed by atoms with Crippen LogP contribution in [0, 0.1) is 0 Å². The van der Waals surface area contributed by atoms with E-state index in [0.29, 0.717) is 29.6 Å². The van der Waals surface area contributed by atoms with Crippen LogP contribution in [-0.2, 0) is 0 Å². The van der Waals surface area contributed by atoms with Crippen molar-refractivity contribution in [3.8, 4) is 22.1 Å². The summed E-state index contributed by atoms with van der Waals surface area (Å²) in [4.78, 5) is 18.8. The van der Waals surface area contributed by atoms with Gasteiger partial charge in [-0.1, -0.05) is 35.9 Å². The molecule has 1 aliphatic heterocycles. The van der Waals surface area contributed by atoms with E-state index in [9.17, 15) is 4.79 Å². The number of fused-ring (bicyclic) bond motifs is 1. The van der Waals surface area contributed by atoms with Crippen LogP contribution in [-0.4, -0.2) is 42.1 Å². The zero-order valence-corrected chi connectivity index (χ0v) is 16.2. The molecule has 1 amide bonds. The Morgan fingerprint density at radius 3 is 2.74 bits per heavy atom. The lowest BCUT2D eigenvalue weighted by Crippen LogP contribution is -2.41. The third-order valence-electron chi connectivity index (χ3n) is 4.21. The van der Waals surface area contributed by atoms with Gasteiger partial charge in [0.05, 0.1) is 6.54 Å². The highest BCUT2D eigenvalue weighted by Gasteiger charge is 2.25. The van der Waals surface area contributed by atoms with Gasteiger partial charge >= 0.3 is 0 Å². The Morgan fingerprint density at radius 1 is 1.22 bits per heavy atom. The van der Waals surface area contributed by atoms with E-state index in [2.05, 4.69) is 4.98 Å². The predicted octanol–water partition coefficient (Wildman–Crippen LogP) is 4.38. The smallest absolute Gasteiger partial charge is 0.273 e. The van der Waals surface area contributed by atoms with E-state index in [1.54, 1.807) is 17.3 Å². The predicted molar refractivity (Wildman–Crippen MR) is 106 cm³/mol. The van der Waals surface area contributed by atoms with Gasteiger partial charge in [0.25, 0.3) is 5.91 Å². The van der Waals surface area contributed by atoms with E-state index in [1.807, 2.05) is 48.5 Å². The SMILES string of the molecule is CN(C[C@H]1COc2ccccc2O1)C(=O)c1csc(-c2ccc(Cl)cc2)n1. The average Bonchev–Trinajstić information content (AvgIpc) is 3.18. The van der Waals surface area contributed by atoms with Gasteiger partial charge in [0.1, 0.15) is 17.3 Å². The first-order valence-electron chi connectivity index (χ1n) is 8.45. The van der Waals surface area contributed by atoms with Crippen molar-refractivity contribution >= 4 is 28.8 Å².